The molecule has 0 atom stereocenters. The van der Waals surface area contributed by atoms with Gasteiger partial charge < -0.3 is 14.9 Å². The van der Waals surface area contributed by atoms with Crippen LogP contribution in [0, 0.1) is 6.67 Å². The van der Waals surface area contributed by atoms with Gasteiger partial charge in [-0.05, 0) is 58.9 Å². The van der Waals surface area contributed by atoms with Crippen LogP contribution in [0.2, 0.25) is 0 Å². The molecule has 0 radical (unpaired) electrons. The van der Waals surface area contributed by atoms with Crippen molar-refractivity contribution in [3.05, 3.63) is 19.1 Å². The molecule has 3 nitrogen and oxygen atoms in total. The zero-order valence-electron chi connectivity index (χ0n) is 15.1. The topological polar surface area (TPSA) is 26.7 Å². The third kappa shape index (κ3) is 7.96. The third-order valence-electron chi connectivity index (χ3n) is 4.67. The van der Waals surface area contributed by atoms with E-state index in [-0.39, 0.29) is 17.1 Å². The van der Waals surface area contributed by atoms with Crippen molar-refractivity contribution < 1.29 is 22.2 Å². The van der Waals surface area contributed by atoms with Crippen LogP contribution < -0.4 is 0 Å². The van der Waals surface area contributed by atoms with Crippen LogP contribution in [0.1, 0.15) is 85.0 Å². The van der Waals surface area contributed by atoms with Gasteiger partial charge in [-0.15, -0.1) is 0 Å². The zero-order valence-corrected chi connectivity index (χ0v) is 16.0. The van der Waals surface area contributed by atoms with Crippen LogP contribution in [0.5, 0.6) is 0 Å². The number of nitrogens with zero attached hydrogens (tertiary/aromatic N) is 2. The van der Waals surface area contributed by atoms with Gasteiger partial charge in [0.05, 0.1) is 5.60 Å². The number of hydrogen-bond donors (Lipinski definition) is 1. The van der Waals surface area contributed by atoms with E-state index in [1.807, 2.05) is 0 Å². The summed E-state index contributed by atoms with van der Waals surface area (Å²) in [6.07, 6.45) is 18.8. The number of rotatable bonds is 2. The second kappa shape index (κ2) is 9.96. The standard InChI is InChI=1S/C15H25N2.C4H10O.Cu/c1-3-7-14(8-4-1)16-11-12-17(13-16)15-9-5-2-6-10-15;1-4(2,3)5;/h11-15H,1-10H2;5H,1-3H3;/q-1;;+1. The van der Waals surface area contributed by atoms with Crippen molar-refractivity contribution in [2.75, 3.05) is 0 Å². The van der Waals surface area contributed by atoms with Crippen LogP contribution >= 0.6 is 0 Å². The predicted octanol–water partition coefficient (Wildman–Crippen LogP) is 4.63. The molecule has 0 unspecified atom stereocenters. The summed E-state index contributed by atoms with van der Waals surface area (Å²) >= 11 is 0. The van der Waals surface area contributed by atoms with Gasteiger partial charge in [0.15, 0.2) is 0 Å². The summed E-state index contributed by atoms with van der Waals surface area (Å²) in [5.41, 5.74) is -0.500. The van der Waals surface area contributed by atoms with Gasteiger partial charge in [-0.1, -0.05) is 38.5 Å². The van der Waals surface area contributed by atoms with Crippen molar-refractivity contribution in [1.29, 1.82) is 0 Å². The molecular weight excluding hydrogens is 336 g/mol. The van der Waals surface area contributed by atoms with Crippen molar-refractivity contribution in [2.24, 2.45) is 0 Å². The molecule has 0 aromatic carbocycles. The van der Waals surface area contributed by atoms with Gasteiger partial charge in [0.1, 0.15) is 0 Å². The maximum Gasteiger partial charge on any atom is 1.00 e. The maximum atomic E-state index is 8.52. The Kier molecular flexibility index (Phi) is 9.03. The van der Waals surface area contributed by atoms with Gasteiger partial charge in [-0.25, -0.2) is 0 Å². The maximum absolute atomic E-state index is 8.52. The Morgan fingerprint density at radius 2 is 1.09 bits per heavy atom. The third-order valence-corrected chi connectivity index (χ3v) is 4.67. The van der Waals surface area contributed by atoms with Crippen LogP contribution in [0.3, 0.4) is 0 Å². The Hall–Kier alpha value is -0.181. The van der Waals surface area contributed by atoms with Crippen LogP contribution in [-0.2, 0) is 17.1 Å². The molecule has 0 spiro atoms. The molecule has 0 amide bonds. The Balaban J connectivity index is 0.000000390. The molecule has 138 valence electrons. The molecule has 3 aliphatic rings. The van der Waals surface area contributed by atoms with Gasteiger partial charge in [0, 0.05) is 12.1 Å². The number of hydrogen-bond acceptors (Lipinski definition) is 3. The van der Waals surface area contributed by atoms with Gasteiger partial charge in [0.2, 0.25) is 0 Å². The molecule has 1 N–H and O–H groups in total. The van der Waals surface area contributed by atoms with Crippen molar-refractivity contribution >= 4 is 0 Å². The van der Waals surface area contributed by atoms with E-state index in [1.54, 1.807) is 20.8 Å². The summed E-state index contributed by atoms with van der Waals surface area (Å²) in [6, 6.07) is 1.57. The summed E-state index contributed by atoms with van der Waals surface area (Å²) < 4.78 is 0. The molecule has 3 rings (SSSR count). The van der Waals surface area contributed by atoms with Crippen LogP contribution in [0.15, 0.2) is 12.4 Å². The first kappa shape index (κ1) is 20.9. The minimum Gasteiger partial charge on any atom is -0.506 e. The van der Waals surface area contributed by atoms with E-state index in [0.717, 1.165) is 12.1 Å². The molecular formula is C19H35CuN2O. The Morgan fingerprint density at radius 1 is 0.783 bits per heavy atom. The molecule has 2 aliphatic carbocycles. The molecule has 23 heavy (non-hydrogen) atoms. The summed E-state index contributed by atoms with van der Waals surface area (Å²) in [4.78, 5) is 4.96. The van der Waals surface area contributed by atoms with Crippen LogP contribution in [0.4, 0.5) is 0 Å². The van der Waals surface area contributed by atoms with E-state index in [2.05, 4.69) is 28.9 Å². The normalized spacial score (nSPS) is 23.3. The first-order valence-corrected chi connectivity index (χ1v) is 9.24. The molecule has 2 saturated carbocycles. The Labute approximate surface area is 154 Å². The van der Waals surface area contributed by atoms with E-state index in [4.69, 9.17) is 5.11 Å². The van der Waals surface area contributed by atoms with Crippen molar-refractivity contribution in [1.82, 2.24) is 9.80 Å². The molecule has 0 bridgehead atoms. The van der Waals surface area contributed by atoms with Crippen LogP contribution in [0.25, 0.3) is 0 Å². The first-order chi connectivity index (χ1) is 10.4. The van der Waals surface area contributed by atoms with Gasteiger partial charge >= 0.3 is 17.1 Å². The van der Waals surface area contributed by atoms with E-state index >= 15 is 0 Å². The molecule has 0 aromatic heterocycles. The minimum absolute atomic E-state index is 0. The summed E-state index contributed by atoms with van der Waals surface area (Å²) in [6.45, 7) is 7.61. The SMILES string of the molecule is C1=CN(C2CCCCC2)[CH-]N1C1CCCCC1.CC(C)(C)O.[Cu+]. The van der Waals surface area contributed by atoms with Gasteiger partial charge in [-0.3, -0.25) is 0 Å². The van der Waals surface area contributed by atoms with Gasteiger partial charge in [0.25, 0.3) is 0 Å². The van der Waals surface area contributed by atoms with E-state index in [9.17, 15) is 0 Å². The fraction of sp³-hybridized carbons (Fsp3) is 0.842. The first-order valence-electron chi connectivity index (χ1n) is 9.24. The molecule has 0 aromatic rings. The van der Waals surface area contributed by atoms with E-state index < -0.39 is 5.60 Å². The average molecular weight is 371 g/mol. The fourth-order valence-electron chi connectivity index (χ4n) is 3.58. The Bertz CT molecular complexity index is 310. The minimum atomic E-state index is -0.500. The van der Waals surface area contributed by atoms with Crippen LogP contribution in [-0.4, -0.2) is 32.6 Å². The molecule has 1 heterocycles. The second-order valence-corrected chi connectivity index (χ2v) is 8.06. The van der Waals surface area contributed by atoms with Gasteiger partial charge in [-0.2, -0.15) is 6.67 Å². The smallest absolute Gasteiger partial charge is 0.506 e. The Morgan fingerprint density at radius 3 is 1.39 bits per heavy atom. The molecule has 0 saturated heterocycles. The van der Waals surface area contributed by atoms with Crippen molar-refractivity contribution in [2.45, 2.75) is 103 Å². The number of aliphatic hydroxyl groups is 1. The van der Waals surface area contributed by atoms with Crippen molar-refractivity contribution in [3.8, 4) is 0 Å². The summed E-state index contributed by atoms with van der Waals surface area (Å²) in [5, 5.41) is 8.52. The second-order valence-electron chi connectivity index (χ2n) is 8.06. The monoisotopic (exact) mass is 370 g/mol. The predicted molar refractivity (Wildman–Crippen MR) is 92.8 cm³/mol. The average Bonchev–Trinajstić information content (AvgIpc) is 2.97. The quantitative estimate of drug-likeness (QED) is 0.566. The summed E-state index contributed by atoms with van der Waals surface area (Å²) in [5.74, 6) is 0. The zero-order chi connectivity index (χ0) is 16.0. The largest absolute Gasteiger partial charge is 1.00 e. The van der Waals surface area contributed by atoms with Crippen molar-refractivity contribution in [3.63, 3.8) is 0 Å². The van der Waals surface area contributed by atoms with E-state index in [0.29, 0.717) is 0 Å². The molecule has 1 aliphatic heterocycles. The molecule has 4 heteroatoms. The van der Waals surface area contributed by atoms with E-state index in [1.165, 1.54) is 64.2 Å². The molecule has 2 fully saturated rings. The fourth-order valence-corrected chi connectivity index (χ4v) is 3.58. The summed E-state index contributed by atoms with van der Waals surface area (Å²) in [7, 11) is 0.